The number of para-hydroxylation sites is 2. The Kier molecular flexibility index (Phi) is 5.01. The highest BCUT2D eigenvalue weighted by molar-refractivity contribution is 7.89. The van der Waals surface area contributed by atoms with Gasteiger partial charge in [-0.3, -0.25) is 4.79 Å². The van der Waals surface area contributed by atoms with E-state index in [1.54, 1.807) is 38.7 Å². The average molecular weight is 388 g/mol. The fourth-order valence-electron chi connectivity index (χ4n) is 2.99. The fraction of sp³-hybridized carbons (Fsp3) is 0.350. The number of rotatable bonds is 3. The third-order valence-corrected chi connectivity index (χ3v) is 5.92. The number of aryl methyl sites for hydroxylation is 1. The Bertz CT molecular complexity index is 978. The van der Waals surface area contributed by atoms with Gasteiger partial charge in [-0.25, -0.2) is 13.1 Å². The first-order chi connectivity index (χ1) is 12.6. The highest BCUT2D eigenvalue weighted by atomic mass is 32.2. The number of fused-ring (bicyclic) bond motifs is 1. The van der Waals surface area contributed by atoms with Gasteiger partial charge in [0.25, 0.3) is 5.91 Å². The van der Waals surface area contributed by atoms with Crippen molar-refractivity contribution < 1.29 is 17.9 Å². The van der Waals surface area contributed by atoms with E-state index < -0.39 is 15.6 Å². The molecule has 0 aliphatic carbocycles. The molecule has 1 N–H and O–H groups in total. The maximum Gasteiger partial charge on any atom is 0.258 e. The molecule has 1 aliphatic rings. The first kappa shape index (κ1) is 19.4. The molecule has 0 saturated heterocycles. The first-order valence-corrected chi connectivity index (χ1v) is 10.3. The van der Waals surface area contributed by atoms with E-state index in [0.717, 1.165) is 5.56 Å². The highest BCUT2D eigenvalue weighted by Gasteiger charge is 2.28. The van der Waals surface area contributed by atoms with Crippen LogP contribution in [0.3, 0.4) is 0 Å². The molecule has 6 nitrogen and oxygen atoms in total. The summed E-state index contributed by atoms with van der Waals surface area (Å²) in [6, 6.07) is 12.0. The van der Waals surface area contributed by atoms with E-state index in [4.69, 9.17) is 4.74 Å². The van der Waals surface area contributed by atoms with Gasteiger partial charge in [0.15, 0.2) is 0 Å². The number of carbonyl (C=O) groups is 1. The molecule has 0 spiro atoms. The molecule has 3 rings (SSSR count). The van der Waals surface area contributed by atoms with Gasteiger partial charge in [-0.15, -0.1) is 0 Å². The van der Waals surface area contributed by atoms with Crippen molar-refractivity contribution in [3.8, 4) is 5.75 Å². The Hall–Kier alpha value is -2.38. The molecule has 7 heteroatoms. The molecule has 0 aromatic heterocycles. The van der Waals surface area contributed by atoms with E-state index in [2.05, 4.69) is 4.72 Å². The summed E-state index contributed by atoms with van der Waals surface area (Å²) in [5.74, 6) is 0.406. The van der Waals surface area contributed by atoms with Crippen LogP contribution in [0, 0.1) is 6.92 Å². The van der Waals surface area contributed by atoms with Gasteiger partial charge in [-0.05, 0) is 57.5 Å². The van der Waals surface area contributed by atoms with Gasteiger partial charge >= 0.3 is 0 Å². The minimum atomic E-state index is -3.73. The molecule has 2 aromatic rings. The number of ether oxygens (including phenoxy) is 1. The number of hydrogen-bond donors (Lipinski definition) is 1. The van der Waals surface area contributed by atoms with E-state index >= 15 is 0 Å². The average Bonchev–Trinajstić information content (AvgIpc) is 2.59. The molecule has 2 aromatic carbocycles. The lowest BCUT2D eigenvalue weighted by molar-refractivity contribution is 0.0976. The maximum atomic E-state index is 13.2. The quantitative estimate of drug-likeness (QED) is 0.877. The second kappa shape index (κ2) is 6.98. The van der Waals surface area contributed by atoms with Crippen LogP contribution in [-0.4, -0.2) is 33.0 Å². The fourth-order valence-corrected chi connectivity index (χ4v) is 4.43. The number of hydrogen-bond acceptors (Lipinski definition) is 4. The van der Waals surface area contributed by atoms with Crippen LogP contribution in [0.15, 0.2) is 47.4 Å². The van der Waals surface area contributed by atoms with Gasteiger partial charge in [0.1, 0.15) is 12.4 Å². The highest BCUT2D eigenvalue weighted by Crippen LogP contribution is 2.32. The molecule has 0 unspecified atom stereocenters. The van der Waals surface area contributed by atoms with Crippen LogP contribution >= 0.6 is 0 Å². The van der Waals surface area contributed by atoms with Crippen molar-refractivity contribution in [3.63, 3.8) is 0 Å². The molecule has 0 atom stereocenters. The number of nitrogens with one attached hydrogen (secondary N) is 1. The topological polar surface area (TPSA) is 75.7 Å². The summed E-state index contributed by atoms with van der Waals surface area (Å²) in [4.78, 5) is 14.9. The number of sulfonamides is 1. The third kappa shape index (κ3) is 4.14. The first-order valence-electron chi connectivity index (χ1n) is 8.77. The van der Waals surface area contributed by atoms with E-state index in [1.807, 2.05) is 24.3 Å². The van der Waals surface area contributed by atoms with Gasteiger partial charge in [-0.2, -0.15) is 0 Å². The third-order valence-electron chi connectivity index (χ3n) is 4.16. The molecule has 0 saturated carbocycles. The number of nitrogens with zero attached hydrogens (tertiary/aromatic N) is 1. The zero-order valence-corrected chi connectivity index (χ0v) is 16.8. The van der Waals surface area contributed by atoms with Crippen molar-refractivity contribution in [1.29, 1.82) is 0 Å². The lowest BCUT2D eigenvalue weighted by Gasteiger charge is -2.30. The SMILES string of the molecule is Cc1ccc(S(=O)(=O)NC(C)(C)C)cc1C(=O)N1CCOc2ccccc21. The molecule has 0 bridgehead atoms. The van der Waals surface area contributed by atoms with Crippen LogP contribution in [0.1, 0.15) is 36.7 Å². The number of benzene rings is 2. The van der Waals surface area contributed by atoms with E-state index in [9.17, 15) is 13.2 Å². The van der Waals surface area contributed by atoms with Gasteiger partial charge in [0.05, 0.1) is 17.1 Å². The summed E-state index contributed by atoms with van der Waals surface area (Å²) in [5, 5.41) is 0. The summed E-state index contributed by atoms with van der Waals surface area (Å²) in [6.45, 7) is 7.92. The summed E-state index contributed by atoms with van der Waals surface area (Å²) >= 11 is 0. The summed E-state index contributed by atoms with van der Waals surface area (Å²) < 4.78 is 33.5. The number of amides is 1. The zero-order chi connectivity index (χ0) is 19.8. The monoisotopic (exact) mass is 388 g/mol. The zero-order valence-electron chi connectivity index (χ0n) is 15.9. The molecule has 144 valence electrons. The maximum absolute atomic E-state index is 13.2. The Balaban J connectivity index is 2.00. The second-order valence-electron chi connectivity index (χ2n) is 7.61. The number of anilines is 1. The van der Waals surface area contributed by atoms with Crippen molar-refractivity contribution in [2.24, 2.45) is 0 Å². The molecule has 1 amide bonds. The Morgan fingerprint density at radius 2 is 1.85 bits per heavy atom. The number of carbonyl (C=O) groups excluding carboxylic acids is 1. The summed E-state index contributed by atoms with van der Waals surface area (Å²) in [5.41, 5.74) is 1.16. The summed E-state index contributed by atoms with van der Waals surface area (Å²) in [7, 11) is -3.73. The molecule has 0 fully saturated rings. The van der Waals surface area contributed by atoms with Gasteiger partial charge in [0, 0.05) is 11.1 Å². The molecule has 27 heavy (non-hydrogen) atoms. The van der Waals surface area contributed by atoms with Crippen LogP contribution in [0.4, 0.5) is 5.69 Å². The molecular formula is C20H24N2O4S. The predicted molar refractivity (Wildman–Crippen MR) is 105 cm³/mol. The largest absolute Gasteiger partial charge is 0.490 e. The molecule has 0 radical (unpaired) electrons. The van der Waals surface area contributed by atoms with Crippen LogP contribution in [0.5, 0.6) is 5.75 Å². The van der Waals surface area contributed by atoms with Crippen molar-refractivity contribution in [3.05, 3.63) is 53.6 Å². The standard InChI is InChI=1S/C20H24N2O4S/c1-14-9-10-15(27(24,25)21-20(2,3)4)13-16(14)19(23)22-11-12-26-18-8-6-5-7-17(18)22/h5-10,13,21H,11-12H2,1-4H3. The van der Waals surface area contributed by atoms with Gasteiger partial charge in [0.2, 0.25) is 10.0 Å². The Labute approximate surface area is 160 Å². The molecule has 1 heterocycles. The minimum Gasteiger partial charge on any atom is -0.490 e. The second-order valence-corrected chi connectivity index (χ2v) is 9.29. The summed E-state index contributed by atoms with van der Waals surface area (Å²) in [6.07, 6.45) is 0. The van der Waals surface area contributed by atoms with Crippen LogP contribution in [0.2, 0.25) is 0 Å². The molecular weight excluding hydrogens is 364 g/mol. The van der Waals surface area contributed by atoms with E-state index in [-0.39, 0.29) is 10.8 Å². The molecule has 1 aliphatic heterocycles. The van der Waals surface area contributed by atoms with Crippen molar-refractivity contribution in [2.45, 2.75) is 38.1 Å². The van der Waals surface area contributed by atoms with Crippen LogP contribution in [0.25, 0.3) is 0 Å². The van der Waals surface area contributed by atoms with Crippen molar-refractivity contribution in [1.82, 2.24) is 4.72 Å². The van der Waals surface area contributed by atoms with Crippen molar-refractivity contribution >= 4 is 21.6 Å². The van der Waals surface area contributed by atoms with Crippen LogP contribution in [-0.2, 0) is 10.0 Å². The lowest BCUT2D eigenvalue weighted by atomic mass is 10.1. The normalized spacial score (nSPS) is 14.4. The van der Waals surface area contributed by atoms with Crippen LogP contribution < -0.4 is 14.4 Å². The van der Waals surface area contributed by atoms with E-state index in [1.165, 1.54) is 12.1 Å². The Morgan fingerprint density at radius 1 is 1.15 bits per heavy atom. The smallest absolute Gasteiger partial charge is 0.258 e. The lowest BCUT2D eigenvalue weighted by Crippen LogP contribution is -2.41. The predicted octanol–water partition coefficient (Wildman–Crippen LogP) is 3.11. The van der Waals surface area contributed by atoms with Gasteiger partial charge in [-0.1, -0.05) is 18.2 Å². The minimum absolute atomic E-state index is 0.0768. The van der Waals surface area contributed by atoms with E-state index in [0.29, 0.717) is 30.2 Å². The van der Waals surface area contributed by atoms with Gasteiger partial charge < -0.3 is 9.64 Å². The van der Waals surface area contributed by atoms with Crippen molar-refractivity contribution in [2.75, 3.05) is 18.1 Å². The Morgan fingerprint density at radius 3 is 2.56 bits per heavy atom.